The number of rotatable bonds is 4. The van der Waals surface area contributed by atoms with Crippen LogP contribution in [-0.2, 0) is 6.42 Å². The summed E-state index contributed by atoms with van der Waals surface area (Å²) in [6, 6.07) is 14.9. The maximum absolute atomic E-state index is 5.98. The molecule has 0 aliphatic heterocycles. The van der Waals surface area contributed by atoms with Crippen molar-refractivity contribution >= 4 is 27.5 Å². The Balaban J connectivity index is 1.52. The molecule has 6 nitrogen and oxygen atoms in total. The fourth-order valence-corrected chi connectivity index (χ4v) is 2.69. The first-order valence-corrected chi connectivity index (χ1v) is 8.51. The van der Waals surface area contributed by atoms with Crippen molar-refractivity contribution in [3.63, 3.8) is 0 Å². The lowest BCUT2D eigenvalue weighted by molar-refractivity contribution is 0.374. The van der Waals surface area contributed by atoms with Crippen LogP contribution in [0.2, 0.25) is 5.02 Å². The Morgan fingerprint density at radius 2 is 1.80 bits per heavy atom. The van der Waals surface area contributed by atoms with Crippen LogP contribution in [0.5, 0.6) is 0 Å². The molecule has 2 aromatic heterocycles. The molecular weight excluding hydrogens is 408 g/mol. The van der Waals surface area contributed by atoms with Gasteiger partial charge in [0, 0.05) is 20.6 Å². The van der Waals surface area contributed by atoms with Gasteiger partial charge in [-0.15, -0.1) is 10.2 Å². The van der Waals surface area contributed by atoms with Gasteiger partial charge in [0.05, 0.1) is 0 Å². The molecule has 0 amide bonds. The quantitative estimate of drug-likeness (QED) is 0.475. The summed E-state index contributed by atoms with van der Waals surface area (Å²) in [5, 5.41) is 12.6. The van der Waals surface area contributed by atoms with E-state index in [9.17, 15) is 0 Å². The number of benzene rings is 2. The smallest absolute Gasteiger partial charge is 0.247 e. The number of halogens is 2. The Hall–Kier alpha value is -2.51. The van der Waals surface area contributed by atoms with E-state index in [0.717, 1.165) is 15.6 Å². The summed E-state index contributed by atoms with van der Waals surface area (Å²) in [5.41, 5.74) is 1.62. The molecule has 2 aromatic carbocycles. The average molecular weight is 418 g/mol. The van der Waals surface area contributed by atoms with Gasteiger partial charge in [-0.3, -0.25) is 0 Å². The van der Waals surface area contributed by atoms with Gasteiger partial charge in [-0.1, -0.05) is 38.8 Å². The third kappa shape index (κ3) is 3.62. The van der Waals surface area contributed by atoms with Crippen LogP contribution in [0.15, 0.2) is 61.9 Å². The minimum atomic E-state index is 0.261. The molecule has 0 fully saturated rings. The fraction of sp³-hybridized carbons (Fsp3) is 0.0588. The predicted molar refractivity (Wildman–Crippen MR) is 95.0 cm³/mol. The van der Waals surface area contributed by atoms with Crippen LogP contribution in [0.1, 0.15) is 11.8 Å². The second kappa shape index (κ2) is 6.78. The zero-order valence-corrected chi connectivity index (χ0v) is 15.0. The van der Waals surface area contributed by atoms with Gasteiger partial charge in [0.1, 0.15) is 6.42 Å². The van der Waals surface area contributed by atoms with Crippen LogP contribution in [0.4, 0.5) is 0 Å². The minimum Gasteiger partial charge on any atom is -0.420 e. The molecule has 0 bridgehead atoms. The zero-order chi connectivity index (χ0) is 17.2. The number of hydrogen-bond donors (Lipinski definition) is 0. The van der Waals surface area contributed by atoms with Gasteiger partial charge in [-0.05, 0) is 42.5 Å². The highest BCUT2D eigenvalue weighted by Gasteiger charge is 2.14. The van der Waals surface area contributed by atoms with Crippen LogP contribution in [-0.4, -0.2) is 20.3 Å². The van der Waals surface area contributed by atoms with Gasteiger partial charge in [0.2, 0.25) is 23.5 Å². The topological polar surface area (TPSA) is 77.8 Å². The molecular formula is C17H10BrClN4O2. The third-order valence-corrected chi connectivity index (χ3v) is 4.18. The SMILES string of the molecule is Clc1cccc(-c2nnc(Cc3nc(-c4ccc(Br)cc4)no3)o2)c1. The van der Waals surface area contributed by atoms with Crippen LogP contribution in [0.3, 0.4) is 0 Å². The van der Waals surface area contributed by atoms with Gasteiger partial charge in [0.15, 0.2) is 0 Å². The molecule has 4 rings (SSSR count). The summed E-state index contributed by atoms with van der Waals surface area (Å²) in [6.07, 6.45) is 0.261. The second-order valence-electron chi connectivity index (χ2n) is 5.21. The molecule has 0 atom stereocenters. The first kappa shape index (κ1) is 16.0. The van der Waals surface area contributed by atoms with Gasteiger partial charge < -0.3 is 8.94 Å². The van der Waals surface area contributed by atoms with E-state index >= 15 is 0 Å². The average Bonchev–Trinajstić information content (AvgIpc) is 3.26. The summed E-state index contributed by atoms with van der Waals surface area (Å²) in [7, 11) is 0. The van der Waals surface area contributed by atoms with Crippen LogP contribution < -0.4 is 0 Å². The van der Waals surface area contributed by atoms with Crippen molar-refractivity contribution in [2.45, 2.75) is 6.42 Å². The molecule has 0 aliphatic rings. The van der Waals surface area contributed by atoms with Crippen molar-refractivity contribution in [2.75, 3.05) is 0 Å². The standard InChI is InChI=1S/C17H10BrClN4O2/c18-12-6-4-10(5-7-12)16-20-14(25-23-16)9-15-21-22-17(24-15)11-2-1-3-13(19)8-11/h1-8H,9H2. The first-order chi connectivity index (χ1) is 12.2. The van der Waals surface area contributed by atoms with Gasteiger partial charge in [-0.2, -0.15) is 4.98 Å². The van der Waals surface area contributed by atoms with Crippen molar-refractivity contribution in [2.24, 2.45) is 0 Å². The van der Waals surface area contributed by atoms with Crippen LogP contribution in [0, 0.1) is 0 Å². The number of hydrogen-bond acceptors (Lipinski definition) is 6. The Morgan fingerprint density at radius 3 is 2.60 bits per heavy atom. The molecule has 124 valence electrons. The summed E-state index contributed by atoms with van der Waals surface area (Å²) < 4.78 is 11.9. The minimum absolute atomic E-state index is 0.261. The Labute approximate surface area is 156 Å². The van der Waals surface area contributed by atoms with Crippen molar-refractivity contribution in [3.05, 3.63) is 69.8 Å². The van der Waals surface area contributed by atoms with Gasteiger partial charge in [-0.25, -0.2) is 0 Å². The van der Waals surface area contributed by atoms with E-state index < -0.39 is 0 Å². The van der Waals surface area contributed by atoms with E-state index in [1.807, 2.05) is 36.4 Å². The maximum Gasteiger partial charge on any atom is 0.247 e. The van der Waals surface area contributed by atoms with Crippen molar-refractivity contribution in [1.82, 2.24) is 20.3 Å². The summed E-state index contributed by atoms with van der Waals surface area (Å²) in [5.74, 6) is 1.70. The summed E-state index contributed by atoms with van der Waals surface area (Å²) in [4.78, 5) is 4.36. The highest BCUT2D eigenvalue weighted by atomic mass is 79.9. The van der Waals surface area contributed by atoms with Crippen LogP contribution in [0.25, 0.3) is 22.8 Å². The van der Waals surface area contributed by atoms with Gasteiger partial charge in [0.25, 0.3) is 0 Å². The molecule has 25 heavy (non-hydrogen) atoms. The molecule has 0 radical (unpaired) electrons. The Bertz CT molecular complexity index is 1010. The lowest BCUT2D eigenvalue weighted by Gasteiger charge is -1.94. The summed E-state index contributed by atoms with van der Waals surface area (Å²) in [6.45, 7) is 0. The van der Waals surface area contributed by atoms with Crippen molar-refractivity contribution in [1.29, 1.82) is 0 Å². The lowest BCUT2D eigenvalue weighted by atomic mass is 10.2. The normalized spacial score (nSPS) is 11.0. The van der Waals surface area contributed by atoms with E-state index in [-0.39, 0.29) is 6.42 Å². The molecule has 0 saturated heterocycles. The highest BCUT2D eigenvalue weighted by Crippen LogP contribution is 2.23. The van der Waals surface area contributed by atoms with Crippen molar-refractivity contribution in [3.8, 4) is 22.8 Å². The van der Waals surface area contributed by atoms with E-state index in [1.165, 1.54) is 0 Å². The van der Waals surface area contributed by atoms with E-state index in [4.69, 9.17) is 20.5 Å². The fourth-order valence-electron chi connectivity index (χ4n) is 2.24. The van der Waals surface area contributed by atoms with Crippen molar-refractivity contribution < 1.29 is 8.94 Å². The zero-order valence-electron chi connectivity index (χ0n) is 12.7. The molecule has 4 aromatic rings. The molecule has 2 heterocycles. The Kier molecular flexibility index (Phi) is 4.33. The lowest BCUT2D eigenvalue weighted by Crippen LogP contribution is -1.88. The van der Waals surface area contributed by atoms with E-state index in [2.05, 4.69) is 36.3 Å². The molecule has 0 unspecified atom stereocenters. The largest absolute Gasteiger partial charge is 0.420 e. The third-order valence-electron chi connectivity index (χ3n) is 3.41. The maximum atomic E-state index is 5.98. The van der Waals surface area contributed by atoms with E-state index in [1.54, 1.807) is 12.1 Å². The number of aromatic nitrogens is 4. The molecule has 0 N–H and O–H groups in total. The predicted octanol–water partition coefficient (Wildman–Crippen LogP) is 4.79. The Morgan fingerprint density at radius 1 is 0.960 bits per heavy atom. The van der Waals surface area contributed by atoms with E-state index in [0.29, 0.717) is 28.5 Å². The molecule has 0 aliphatic carbocycles. The monoisotopic (exact) mass is 416 g/mol. The summed E-state index contributed by atoms with van der Waals surface area (Å²) >= 11 is 9.37. The highest BCUT2D eigenvalue weighted by molar-refractivity contribution is 9.10. The number of nitrogens with zero attached hydrogens (tertiary/aromatic N) is 4. The second-order valence-corrected chi connectivity index (χ2v) is 6.56. The first-order valence-electron chi connectivity index (χ1n) is 7.34. The molecule has 0 saturated carbocycles. The van der Waals surface area contributed by atoms with Gasteiger partial charge >= 0.3 is 0 Å². The van der Waals surface area contributed by atoms with Crippen LogP contribution >= 0.6 is 27.5 Å². The molecule has 0 spiro atoms. The molecule has 8 heteroatoms.